The van der Waals surface area contributed by atoms with Crippen molar-refractivity contribution >= 4 is 11.0 Å². The van der Waals surface area contributed by atoms with Crippen LogP contribution in [-0.4, -0.2) is 17.0 Å². The van der Waals surface area contributed by atoms with Gasteiger partial charge in [0.15, 0.2) is 0 Å². The quantitative estimate of drug-likeness (QED) is 0.659. The maximum Gasteiger partial charge on any atom is 0.137 e. The van der Waals surface area contributed by atoms with Crippen LogP contribution in [0.2, 0.25) is 0 Å². The minimum absolute atomic E-state index is 0.806. The first-order valence-electron chi connectivity index (χ1n) is 5.20. The zero-order valence-corrected chi connectivity index (χ0v) is 9.09. The number of hydrogen-bond donors (Lipinski definition) is 3. The van der Waals surface area contributed by atoms with Crippen LogP contribution in [0.5, 0.6) is 0 Å². The Hall–Kier alpha value is -1.39. The maximum absolute atomic E-state index is 4.31. The summed E-state index contributed by atoms with van der Waals surface area (Å²) in [7, 11) is 1.87. The summed E-state index contributed by atoms with van der Waals surface area (Å²) in [4.78, 5) is 7.51. The van der Waals surface area contributed by atoms with Gasteiger partial charge in [-0.25, -0.2) is 4.98 Å². The molecule has 0 aromatic carbocycles. The van der Waals surface area contributed by atoms with E-state index in [1.54, 1.807) is 0 Å². The van der Waals surface area contributed by atoms with E-state index in [0.29, 0.717) is 0 Å². The molecule has 15 heavy (non-hydrogen) atoms. The summed E-state index contributed by atoms with van der Waals surface area (Å²) in [5, 5.41) is 1.25. The van der Waals surface area contributed by atoms with Gasteiger partial charge in [0.05, 0.1) is 0 Å². The van der Waals surface area contributed by atoms with Crippen molar-refractivity contribution in [1.82, 2.24) is 20.8 Å². The molecular formula is C11H16N4. The summed E-state index contributed by atoms with van der Waals surface area (Å²) in [5.41, 5.74) is 9.61. The fourth-order valence-electron chi connectivity index (χ4n) is 1.81. The summed E-state index contributed by atoms with van der Waals surface area (Å²) in [5.74, 6) is 0. The third-order valence-corrected chi connectivity index (χ3v) is 2.58. The highest BCUT2D eigenvalue weighted by molar-refractivity contribution is 5.83. The van der Waals surface area contributed by atoms with Crippen LogP contribution in [0, 0.1) is 0 Å². The Bertz CT molecular complexity index is 447. The number of nitrogens with zero attached hydrogens (tertiary/aromatic N) is 1. The first-order valence-corrected chi connectivity index (χ1v) is 5.20. The Morgan fingerprint density at radius 1 is 1.40 bits per heavy atom. The van der Waals surface area contributed by atoms with Gasteiger partial charge in [-0.3, -0.25) is 10.9 Å². The van der Waals surface area contributed by atoms with Crippen molar-refractivity contribution in [3.05, 3.63) is 29.6 Å². The van der Waals surface area contributed by atoms with E-state index in [1.165, 1.54) is 16.5 Å². The Balaban J connectivity index is 2.47. The van der Waals surface area contributed by atoms with Crippen LogP contribution in [-0.2, 0) is 13.0 Å². The number of pyridine rings is 1. The number of H-pyrrole nitrogens is 1. The van der Waals surface area contributed by atoms with E-state index in [1.807, 2.05) is 19.4 Å². The lowest BCUT2D eigenvalue weighted by Gasteiger charge is -2.05. The number of aromatic nitrogens is 2. The van der Waals surface area contributed by atoms with Crippen molar-refractivity contribution in [3.63, 3.8) is 0 Å². The third-order valence-electron chi connectivity index (χ3n) is 2.58. The average molecular weight is 204 g/mol. The lowest BCUT2D eigenvalue weighted by molar-refractivity contribution is 0.598. The van der Waals surface area contributed by atoms with Crippen molar-refractivity contribution in [2.45, 2.75) is 19.9 Å². The Morgan fingerprint density at radius 2 is 2.27 bits per heavy atom. The molecule has 3 N–H and O–H groups in total. The second-order valence-corrected chi connectivity index (χ2v) is 3.46. The number of aromatic amines is 1. The maximum atomic E-state index is 4.31. The van der Waals surface area contributed by atoms with Crippen molar-refractivity contribution in [3.8, 4) is 0 Å². The lowest BCUT2D eigenvalue weighted by Crippen LogP contribution is -2.26. The van der Waals surface area contributed by atoms with E-state index in [-0.39, 0.29) is 0 Å². The SMILES string of the molecule is CCc1c[nH]c2nccc(CNNC)c12. The highest BCUT2D eigenvalue weighted by Crippen LogP contribution is 2.20. The first-order chi connectivity index (χ1) is 7.36. The molecule has 2 rings (SSSR count). The molecule has 2 aromatic rings. The van der Waals surface area contributed by atoms with Crippen molar-refractivity contribution in [1.29, 1.82) is 0 Å². The minimum Gasteiger partial charge on any atom is -0.346 e. The fourth-order valence-corrected chi connectivity index (χ4v) is 1.81. The van der Waals surface area contributed by atoms with Crippen LogP contribution in [0.4, 0.5) is 0 Å². The van der Waals surface area contributed by atoms with Gasteiger partial charge in [0, 0.05) is 24.3 Å². The fraction of sp³-hybridized carbons (Fsp3) is 0.364. The van der Waals surface area contributed by atoms with E-state index in [9.17, 15) is 0 Å². The average Bonchev–Trinajstić information content (AvgIpc) is 2.69. The number of fused-ring (bicyclic) bond motifs is 1. The number of nitrogens with one attached hydrogen (secondary N) is 3. The summed E-state index contributed by atoms with van der Waals surface area (Å²) >= 11 is 0. The smallest absolute Gasteiger partial charge is 0.137 e. The van der Waals surface area contributed by atoms with Gasteiger partial charge in [-0.15, -0.1) is 0 Å². The number of rotatable bonds is 4. The van der Waals surface area contributed by atoms with Gasteiger partial charge in [0.2, 0.25) is 0 Å². The molecule has 0 atom stereocenters. The summed E-state index contributed by atoms with van der Waals surface area (Å²) in [6, 6.07) is 2.06. The molecule has 80 valence electrons. The minimum atomic E-state index is 0.806. The topological polar surface area (TPSA) is 52.7 Å². The molecule has 2 heterocycles. The Labute approximate surface area is 89.1 Å². The van der Waals surface area contributed by atoms with Crippen LogP contribution in [0.25, 0.3) is 11.0 Å². The zero-order valence-electron chi connectivity index (χ0n) is 9.09. The van der Waals surface area contributed by atoms with Gasteiger partial charge in [-0.2, -0.15) is 0 Å². The second kappa shape index (κ2) is 4.42. The molecular weight excluding hydrogens is 188 g/mol. The number of aryl methyl sites for hydroxylation is 1. The summed E-state index contributed by atoms with van der Waals surface area (Å²) in [6.45, 7) is 2.96. The van der Waals surface area contributed by atoms with Gasteiger partial charge < -0.3 is 4.98 Å². The Morgan fingerprint density at radius 3 is 3.00 bits per heavy atom. The van der Waals surface area contributed by atoms with E-state index in [4.69, 9.17) is 0 Å². The van der Waals surface area contributed by atoms with Gasteiger partial charge in [0.1, 0.15) is 5.65 Å². The monoisotopic (exact) mass is 204 g/mol. The summed E-state index contributed by atoms with van der Waals surface area (Å²) < 4.78 is 0. The van der Waals surface area contributed by atoms with Crippen LogP contribution >= 0.6 is 0 Å². The van der Waals surface area contributed by atoms with Gasteiger partial charge in [0.25, 0.3) is 0 Å². The van der Waals surface area contributed by atoms with Crippen molar-refractivity contribution in [2.75, 3.05) is 7.05 Å². The first kappa shape index (κ1) is 10.1. The summed E-state index contributed by atoms with van der Waals surface area (Å²) in [6.07, 6.45) is 4.91. The van der Waals surface area contributed by atoms with Gasteiger partial charge in [-0.05, 0) is 30.7 Å². The molecule has 0 aliphatic carbocycles. The standard InChI is InChI=1S/C11H16N4/c1-3-8-6-14-11-10(8)9(4-5-13-11)7-15-12-2/h4-6,12,15H,3,7H2,1-2H3,(H,13,14). The number of hydrogen-bond acceptors (Lipinski definition) is 3. The predicted octanol–water partition coefficient (Wildman–Crippen LogP) is 1.35. The second-order valence-electron chi connectivity index (χ2n) is 3.46. The van der Waals surface area contributed by atoms with Gasteiger partial charge >= 0.3 is 0 Å². The van der Waals surface area contributed by atoms with Crippen LogP contribution < -0.4 is 10.9 Å². The molecule has 0 unspecified atom stereocenters. The number of hydrazine groups is 1. The molecule has 4 nitrogen and oxygen atoms in total. The molecule has 0 saturated carbocycles. The molecule has 0 fully saturated rings. The molecule has 0 spiro atoms. The third kappa shape index (κ3) is 1.86. The van der Waals surface area contributed by atoms with Gasteiger partial charge in [-0.1, -0.05) is 6.92 Å². The molecule has 0 aliphatic rings. The van der Waals surface area contributed by atoms with Crippen molar-refractivity contribution in [2.24, 2.45) is 0 Å². The highest BCUT2D eigenvalue weighted by atomic mass is 15.3. The zero-order chi connectivity index (χ0) is 10.7. The molecule has 2 aromatic heterocycles. The van der Waals surface area contributed by atoms with Crippen LogP contribution in [0.1, 0.15) is 18.1 Å². The Kier molecular flexibility index (Phi) is 2.99. The van der Waals surface area contributed by atoms with E-state index in [0.717, 1.165) is 18.6 Å². The molecule has 0 bridgehead atoms. The molecule has 4 heteroatoms. The molecule has 0 aliphatic heterocycles. The van der Waals surface area contributed by atoms with E-state index >= 15 is 0 Å². The highest BCUT2D eigenvalue weighted by Gasteiger charge is 2.07. The molecule has 0 amide bonds. The largest absolute Gasteiger partial charge is 0.346 e. The lowest BCUT2D eigenvalue weighted by atomic mass is 10.1. The van der Waals surface area contributed by atoms with Crippen LogP contribution in [0.3, 0.4) is 0 Å². The van der Waals surface area contributed by atoms with Crippen molar-refractivity contribution < 1.29 is 0 Å². The predicted molar refractivity (Wildman–Crippen MR) is 61.4 cm³/mol. The van der Waals surface area contributed by atoms with Crippen LogP contribution in [0.15, 0.2) is 18.5 Å². The van der Waals surface area contributed by atoms with E-state index in [2.05, 4.69) is 33.8 Å². The van der Waals surface area contributed by atoms with E-state index < -0.39 is 0 Å². The molecule has 0 saturated heterocycles. The normalized spacial score (nSPS) is 11.1. The molecule has 0 radical (unpaired) electrons.